The molecular formula is C23H21N2O3P+2. The summed E-state index contributed by atoms with van der Waals surface area (Å²) in [4.78, 5) is 19.8. The second-order valence-electron chi connectivity index (χ2n) is 6.74. The fourth-order valence-electron chi connectivity index (χ4n) is 3.35. The number of rotatable bonds is 5. The molecule has 2 aromatic carbocycles. The molecule has 0 spiro atoms. The third kappa shape index (κ3) is 4.33. The first-order valence-electron chi connectivity index (χ1n) is 9.20. The van der Waals surface area contributed by atoms with Gasteiger partial charge in [-0.25, -0.2) is 0 Å². The van der Waals surface area contributed by atoms with Gasteiger partial charge >= 0.3 is 7.60 Å². The van der Waals surface area contributed by atoms with Gasteiger partial charge in [0, 0.05) is 42.0 Å². The van der Waals surface area contributed by atoms with E-state index in [1.165, 1.54) is 0 Å². The molecule has 5 nitrogen and oxygen atoms in total. The van der Waals surface area contributed by atoms with Crippen molar-refractivity contribution in [3.05, 3.63) is 115 Å². The Morgan fingerprint density at radius 3 is 1.66 bits per heavy atom. The second-order valence-corrected chi connectivity index (χ2v) is 8.40. The topological polar surface area (TPSA) is 65.3 Å². The minimum absolute atomic E-state index is 0.571. The summed E-state index contributed by atoms with van der Waals surface area (Å²) >= 11 is 0. The van der Waals surface area contributed by atoms with Gasteiger partial charge in [0.15, 0.2) is 24.8 Å². The van der Waals surface area contributed by atoms with Gasteiger partial charge in [0.05, 0.1) is 0 Å². The van der Waals surface area contributed by atoms with E-state index in [2.05, 4.69) is 0 Å². The zero-order chi connectivity index (χ0) is 20.3. The van der Waals surface area contributed by atoms with E-state index in [0.29, 0.717) is 5.56 Å². The first-order valence-corrected chi connectivity index (χ1v) is 10.9. The molecule has 144 valence electrons. The largest absolute Gasteiger partial charge is 0.398 e. The Balaban J connectivity index is 1.63. The molecule has 29 heavy (non-hydrogen) atoms. The molecule has 0 aliphatic rings. The summed E-state index contributed by atoms with van der Waals surface area (Å²) in [6.07, 6.45) is 7.41. The molecule has 2 aromatic heterocycles. The zero-order valence-electron chi connectivity index (χ0n) is 15.6. The van der Waals surface area contributed by atoms with E-state index in [4.69, 9.17) is 0 Å². The average Bonchev–Trinajstić information content (AvgIpc) is 2.75. The van der Waals surface area contributed by atoms with Crippen LogP contribution in [0.25, 0.3) is 16.8 Å². The first-order chi connectivity index (χ1) is 14.0. The molecule has 0 saturated heterocycles. The van der Waals surface area contributed by atoms with Crippen LogP contribution in [0, 0.1) is 0 Å². The van der Waals surface area contributed by atoms with Crippen molar-refractivity contribution in [2.24, 2.45) is 0 Å². The number of para-hydroxylation sites is 1. The van der Waals surface area contributed by atoms with Crippen molar-refractivity contribution in [1.82, 2.24) is 0 Å². The van der Waals surface area contributed by atoms with Crippen molar-refractivity contribution in [2.45, 2.75) is 5.78 Å². The van der Waals surface area contributed by atoms with Gasteiger partial charge in [-0.15, -0.1) is 0 Å². The molecule has 1 atom stereocenters. The van der Waals surface area contributed by atoms with E-state index < -0.39 is 13.4 Å². The lowest BCUT2D eigenvalue weighted by molar-refractivity contribution is -0.695. The summed E-state index contributed by atoms with van der Waals surface area (Å²) in [6, 6.07) is 26.7. The number of nitrogens with zero attached hydrogens (tertiary/aromatic N) is 2. The monoisotopic (exact) mass is 404 g/mol. The van der Waals surface area contributed by atoms with Gasteiger partial charge in [0.1, 0.15) is 0 Å². The van der Waals surface area contributed by atoms with Crippen LogP contribution in [0.5, 0.6) is 0 Å². The first kappa shape index (κ1) is 19.2. The lowest BCUT2D eigenvalue weighted by Crippen LogP contribution is -2.39. The van der Waals surface area contributed by atoms with Crippen molar-refractivity contribution in [3.8, 4) is 16.8 Å². The Hall–Kier alpha value is -3.11. The van der Waals surface area contributed by atoms with E-state index in [-0.39, 0.29) is 0 Å². The SMILES string of the molecule is O=P(O)(O)C(c1ccccc1)[n+]1ccc(-c2cc[n+](-c3ccccc3)cc2)cc1. The van der Waals surface area contributed by atoms with Crippen molar-refractivity contribution < 1.29 is 23.5 Å². The third-order valence-electron chi connectivity index (χ3n) is 4.77. The maximum absolute atomic E-state index is 12.1. The molecule has 0 aliphatic carbocycles. The van der Waals surface area contributed by atoms with Gasteiger partial charge in [-0.1, -0.05) is 48.5 Å². The molecule has 0 fully saturated rings. The number of hydrogen-bond acceptors (Lipinski definition) is 1. The minimum atomic E-state index is -4.39. The third-order valence-corrected chi connectivity index (χ3v) is 5.97. The Morgan fingerprint density at radius 1 is 0.655 bits per heavy atom. The van der Waals surface area contributed by atoms with Gasteiger partial charge in [-0.2, -0.15) is 9.13 Å². The number of pyridine rings is 2. The second kappa shape index (κ2) is 8.10. The summed E-state index contributed by atoms with van der Waals surface area (Å²) in [6.45, 7) is 0. The zero-order valence-corrected chi connectivity index (χ0v) is 16.5. The highest BCUT2D eigenvalue weighted by molar-refractivity contribution is 7.51. The summed E-state index contributed by atoms with van der Waals surface area (Å²) in [5.74, 6) is -1.05. The van der Waals surface area contributed by atoms with Gasteiger partial charge < -0.3 is 9.79 Å². The molecule has 0 radical (unpaired) electrons. The summed E-state index contributed by atoms with van der Waals surface area (Å²) in [5, 5.41) is 0. The molecule has 6 heteroatoms. The van der Waals surface area contributed by atoms with Crippen LogP contribution in [-0.2, 0) is 4.57 Å². The van der Waals surface area contributed by atoms with Gasteiger partial charge in [-0.05, 0) is 11.1 Å². The van der Waals surface area contributed by atoms with Crippen LogP contribution in [0.1, 0.15) is 11.3 Å². The fraction of sp³-hybridized carbons (Fsp3) is 0.0435. The Bertz CT molecular complexity index is 1130. The van der Waals surface area contributed by atoms with E-state index in [1.54, 1.807) is 41.2 Å². The molecule has 1 unspecified atom stereocenters. The number of hydrogen-bond donors (Lipinski definition) is 2. The minimum Gasteiger partial charge on any atom is -0.320 e. The van der Waals surface area contributed by atoms with Crippen LogP contribution < -0.4 is 9.13 Å². The quantitative estimate of drug-likeness (QED) is 0.394. The van der Waals surface area contributed by atoms with Crippen LogP contribution in [-0.4, -0.2) is 9.79 Å². The molecule has 0 aliphatic heterocycles. The van der Waals surface area contributed by atoms with Gasteiger partial charge in [0.2, 0.25) is 5.69 Å². The molecule has 0 bridgehead atoms. The predicted octanol–water partition coefficient (Wildman–Crippen LogP) is 3.64. The van der Waals surface area contributed by atoms with Crippen molar-refractivity contribution in [3.63, 3.8) is 0 Å². The summed E-state index contributed by atoms with van der Waals surface area (Å²) < 4.78 is 15.7. The van der Waals surface area contributed by atoms with Gasteiger partial charge in [0.25, 0.3) is 5.78 Å². The number of benzene rings is 2. The lowest BCUT2D eigenvalue weighted by atomic mass is 10.1. The van der Waals surface area contributed by atoms with Crippen LogP contribution >= 0.6 is 7.60 Å². The standard InChI is InChI=1S/C23H19N2O3P/c26-29(27,28)23(21-7-3-1-4-8-21)25-17-13-20(14-18-25)19-11-15-24(16-12-19)22-9-5-2-6-10-22/h1-18,23H/p+2. The molecule has 4 rings (SSSR count). The summed E-state index contributed by atoms with van der Waals surface area (Å²) in [5.41, 5.74) is 3.65. The maximum atomic E-state index is 12.1. The van der Waals surface area contributed by atoms with Crippen molar-refractivity contribution in [1.29, 1.82) is 0 Å². The average molecular weight is 404 g/mol. The summed E-state index contributed by atoms with van der Waals surface area (Å²) in [7, 11) is -4.39. The maximum Gasteiger partial charge on any atom is 0.398 e. The Labute approximate surface area is 169 Å². The molecule has 2 heterocycles. The van der Waals surface area contributed by atoms with Crippen LogP contribution in [0.2, 0.25) is 0 Å². The van der Waals surface area contributed by atoms with Gasteiger partial charge in [-0.3, -0.25) is 4.57 Å². The normalized spacial score (nSPS) is 12.5. The highest BCUT2D eigenvalue weighted by Gasteiger charge is 2.38. The number of aromatic nitrogens is 2. The molecule has 0 amide bonds. The van der Waals surface area contributed by atoms with Crippen molar-refractivity contribution >= 4 is 7.60 Å². The Morgan fingerprint density at radius 2 is 1.14 bits per heavy atom. The van der Waals surface area contributed by atoms with Crippen LogP contribution in [0.15, 0.2) is 110 Å². The van der Waals surface area contributed by atoms with Crippen LogP contribution in [0.4, 0.5) is 0 Å². The van der Waals surface area contributed by atoms with Crippen LogP contribution in [0.3, 0.4) is 0 Å². The molecular weight excluding hydrogens is 383 g/mol. The predicted molar refractivity (Wildman–Crippen MR) is 110 cm³/mol. The fourth-order valence-corrected chi connectivity index (χ4v) is 4.41. The Kier molecular flexibility index (Phi) is 5.36. The molecule has 0 saturated carbocycles. The molecule has 4 aromatic rings. The van der Waals surface area contributed by atoms with E-state index in [1.807, 2.05) is 77.6 Å². The highest BCUT2D eigenvalue weighted by atomic mass is 31.2. The van der Waals surface area contributed by atoms with E-state index >= 15 is 0 Å². The van der Waals surface area contributed by atoms with E-state index in [9.17, 15) is 14.4 Å². The smallest absolute Gasteiger partial charge is 0.320 e. The highest BCUT2D eigenvalue weighted by Crippen LogP contribution is 2.49. The lowest BCUT2D eigenvalue weighted by Gasteiger charge is -2.14. The van der Waals surface area contributed by atoms with E-state index in [0.717, 1.165) is 16.8 Å². The molecule has 2 N–H and O–H groups in total. The van der Waals surface area contributed by atoms with Crippen molar-refractivity contribution in [2.75, 3.05) is 0 Å².